The van der Waals surface area contributed by atoms with Crippen molar-refractivity contribution >= 4 is 17.5 Å². The number of aromatic nitrogens is 1. The predicted octanol–water partition coefficient (Wildman–Crippen LogP) is 4.28. The number of nitrogens with one attached hydrogen (secondary N) is 1. The van der Waals surface area contributed by atoms with Crippen LogP contribution < -0.4 is 5.32 Å². The van der Waals surface area contributed by atoms with Crippen LogP contribution in [-0.4, -0.2) is 17.4 Å². The topological polar surface area (TPSA) is 55.1 Å². The van der Waals surface area contributed by atoms with Crippen LogP contribution in [0.4, 0.5) is 0 Å². The minimum atomic E-state index is -0.162. The number of nitrogens with zero attached hydrogens (tertiary/aromatic N) is 1. The van der Waals surface area contributed by atoms with E-state index in [0.29, 0.717) is 35.1 Å². The van der Waals surface area contributed by atoms with Crippen LogP contribution in [0.25, 0.3) is 11.3 Å². The Hall–Kier alpha value is -2.59. The molecule has 0 aliphatic rings. The van der Waals surface area contributed by atoms with E-state index in [9.17, 15) is 4.79 Å². The van der Waals surface area contributed by atoms with E-state index >= 15 is 0 Å². The number of carbonyl (C=O) groups excluding carboxylic acids is 1. The average Bonchev–Trinajstić information content (AvgIpc) is 2.98. The maximum Gasteiger partial charge on any atom is 0.254 e. The van der Waals surface area contributed by atoms with Gasteiger partial charge in [-0.05, 0) is 37.3 Å². The highest BCUT2D eigenvalue weighted by molar-refractivity contribution is 6.33. The summed E-state index contributed by atoms with van der Waals surface area (Å²) < 4.78 is 5.71. The smallest absolute Gasteiger partial charge is 0.254 e. The molecule has 122 valence electrons. The van der Waals surface area contributed by atoms with Gasteiger partial charge in [0.15, 0.2) is 0 Å². The molecule has 1 amide bonds. The van der Waals surface area contributed by atoms with Crippen molar-refractivity contribution in [3.05, 3.63) is 76.8 Å². The molecule has 1 N–H and O–H groups in total. The van der Waals surface area contributed by atoms with Gasteiger partial charge in [0.2, 0.25) is 0 Å². The van der Waals surface area contributed by atoms with Gasteiger partial charge < -0.3 is 9.73 Å². The number of furan rings is 1. The van der Waals surface area contributed by atoms with E-state index in [0.717, 1.165) is 11.3 Å². The fraction of sp³-hybridized carbons (Fsp3) is 0.158. The van der Waals surface area contributed by atoms with Gasteiger partial charge in [0.25, 0.3) is 5.91 Å². The molecule has 2 aromatic heterocycles. The standard InChI is InChI=1S/C19H17ClN2O2/c1-13-16(12-18(24-13)15-7-2-3-8-17(15)20)19(23)22-11-9-14-6-4-5-10-21-14/h2-8,10,12H,9,11H2,1H3,(H,22,23). The van der Waals surface area contributed by atoms with Crippen molar-refractivity contribution < 1.29 is 9.21 Å². The number of aryl methyl sites for hydroxylation is 1. The summed E-state index contributed by atoms with van der Waals surface area (Å²) in [6, 6.07) is 14.9. The van der Waals surface area contributed by atoms with Gasteiger partial charge in [0, 0.05) is 30.4 Å². The van der Waals surface area contributed by atoms with E-state index in [2.05, 4.69) is 10.3 Å². The molecule has 0 aliphatic carbocycles. The molecule has 1 aromatic carbocycles. The van der Waals surface area contributed by atoms with E-state index in [-0.39, 0.29) is 5.91 Å². The number of hydrogen-bond donors (Lipinski definition) is 1. The lowest BCUT2D eigenvalue weighted by molar-refractivity contribution is 0.0952. The highest BCUT2D eigenvalue weighted by atomic mass is 35.5. The third-order valence-electron chi connectivity index (χ3n) is 3.69. The normalized spacial score (nSPS) is 10.6. The van der Waals surface area contributed by atoms with Gasteiger partial charge in [-0.1, -0.05) is 29.8 Å². The van der Waals surface area contributed by atoms with Crippen molar-refractivity contribution in [1.82, 2.24) is 10.3 Å². The molecule has 4 nitrogen and oxygen atoms in total. The molecule has 5 heteroatoms. The molecule has 0 atom stereocenters. The van der Waals surface area contributed by atoms with Crippen molar-refractivity contribution in [2.24, 2.45) is 0 Å². The van der Waals surface area contributed by atoms with Crippen molar-refractivity contribution in [1.29, 1.82) is 0 Å². The molecule has 0 radical (unpaired) electrons. The van der Waals surface area contributed by atoms with Gasteiger partial charge >= 0.3 is 0 Å². The van der Waals surface area contributed by atoms with Crippen molar-refractivity contribution in [2.45, 2.75) is 13.3 Å². The van der Waals surface area contributed by atoms with Crippen LogP contribution in [0.15, 0.2) is 59.1 Å². The number of pyridine rings is 1. The molecule has 0 saturated heterocycles. The molecular weight excluding hydrogens is 324 g/mol. The molecular formula is C19H17ClN2O2. The zero-order valence-corrected chi connectivity index (χ0v) is 14.0. The number of amides is 1. The van der Waals surface area contributed by atoms with E-state index in [1.54, 1.807) is 25.3 Å². The van der Waals surface area contributed by atoms with Crippen LogP contribution >= 0.6 is 11.6 Å². The second-order valence-corrected chi connectivity index (χ2v) is 5.79. The lowest BCUT2D eigenvalue weighted by Crippen LogP contribution is -2.26. The van der Waals surface area contributed by atoms with Gasteiger partial charge in [-0.3, -0.25) is 9.78 Å². The number of rotatable bonds is 5. The molecule has 0 fully saturated rings. The Bertz CT molecular complexity index is 844. The zero-order valence-electron chi connectivity index (χ0n) is 13.3. The van der Waals surface area contributed by atoms with Crippen molar-refractivity contribution in [3.63, 3.8) is 0 Å². The maximum atomic E-state index is 12.4. The quantitative estimate of drug-likeness (QED) is 0.754. The van der Waals surface area contributed by atoms with Crippen LogP contribution in [-0.2, 0) is 6.42 Å². The monoisotopic (exact) mass is 340 g/mol. The van der Waals surface area contributed by atoms with E-state index in [1.165, 1.54) is 0 Å². The van der Waals surface area contributed by atoms with Crippen LogP contribution in [0.1, 0.15) is 21.8 Å². The Kier molecular flexibility index (Phi) is 4.96. The van der Waals surface area contributed by atoms with Crippen LogP contribution in [0, 0.1) is 6.92 Å². The predicted molar refractivity (Wildman–Crippen MR) is 94.2 cm³/mol. The summed E-state index contributed by atoms with van der Waals surface area (Å²) in [4.78, 5) is 16.6. The summed E-state index contributed by atoms with van der Waals surface area (Å²) in [5, 5.41) is 3.49. The van der Waals surface area contributed by atoms with Gasteiger partial charge in [-0.25, -0.2) is 0 Å². The number of halogens is 1. The van der Waals surface area contributed by atoms with E-state index in [1.807, 2.05) is 36.4 Å². The molecule has 0 aliphatic heterocycles. The van der Waals surface area contributed by atoms with Gasteiger partial charge in [-0.2, -0.15) is 0 Å². The average molecular weight is 341 g/mol. The first-order chi connectivity index (χ1) is 11.6. The Balaban J connectivity index is 1.68. The van der Waals surface area contributed by atoms with E-state index < -0.39 is 0 Å². The number of hydrogen-bond acceptors (Lipinski definition) is 3. The fourth-order valence-corrected chi connectivity index (χ4v) is 2.68. The Labute approximate surface area is 145 Å². The fourth-order valence-electron chi connectivity index (χ4n) is 2.45. The van der Waals surface area contributed by atoms with Crippen LogP contribution in [0.5, 0.6) is 0 Å². The number of benzene rings is 1. The summed E-state index contributed by atoms with van der Waals surface area (Å²) in [7, 11) is 0. The van der Waals surface area contributed by atoms with Gasteiger partial charge in [-0.15, -0.1) is 0 Å². The summed E-state index contributed by atoms with van der Waals surface area (Å²) in [5.41, 5.74) is 2.24. The third kappa shape index (κ3) is 3.66. The first-order valence-corrected chi connectivity index (χ1v) is 8.06. The maximum absolute atomic E-state index is 12.4. The Morgan fingerprint density at radius 1 is 1.21 bits per heavy atom. The Morgan fingerprint density at radius 2 is 2.00 bits per heavy atom. The second kappa shape index (κ2) is 7.32. The summed E-state index contributed by atoms with van der Waals surface area (Å²) >= 11 is 6.18. The highest BCUT2D eigenvalue weighted by Gasteiger charge is 2.16. The van der Waals surface area contributed by atoms with E-state index in [4.69, 9.17) is 16.0 Å². The molecule has 3 aromatic rings. The summed E-state index contributed by atoms with van der Waals surface area (Å²) in [6.07, 6.45) is 2.42. The Morgan fingerprint density at radius 3 is 2.75 bits per heavy atom. The molecule has 0 unspecified atom stereocenters. The van der Waals surface area contributed by atoms with Crippen molar-refractivity contribution in [3.8, 4) is 11.3 Å². The minimum Gasteiger partial charge on any atom is -0.460 e. The number of carbonyl (C=O) groups is 1. The first-order valence-electron chi connectivity index (χ1n) is 7.68. The van der Waals surface area contributed by atoms with Crippen LogP contribution in [0.2, 0.25) is 5.02 Å². The van der Waals surface area contributed by atoms with Crippen molar-refractivity contribution in [2.75, 3.05) is 6.54 Å². The highest BCUT2D eigenvalue weighted by Crippen LogP contribution is 2.30. The SMILES string of the molecule is Cc1oc(-c2ccccc2Cl)cc1C(=O)NCCc1ccccn1. The molecule has 24 heavy (non-hydrogen) atoms. The summed E-state index contributed by atoms with van der Waals surface area (Å²) in [6.45, 7) is 2.29. The first kappa shape index (κ1) is 16.3. The zero-order chi connectivity index (χ0) is 16.9. The molecule has 3 rings (SSSR count). The van der Waals surface area contributed by atoms with Crippen LogP contribution in [0.3, 0.4) is 0 Å². The third-order valence-corrected chi connectivity index (χ3v) is 4.02. The summed E-state index contributed by atoms with van der Waals surface area (Å²) in [5.74, 6) is 0.999. The lowest BCUT2D eigenvalue weighted by Gasteiger charge is -2.03. The molecule has 2 heterocycles. The largest absolute Gasteiger partial charge is 0.460 e. The molecule has 0 bridgehead atoms. The molecule has 0 spiro atoms. The lowest BCUT2D eigenvalue weighted by atomic mass is 10.1. The second-order valence-electron chi connectivity index (χ2n) is 5.39. The minimum absolute atomic E-state index is 0.162. The molecule has 0 saturated carbocycles. The van der Waals surface area contributed by atoms with Gasteiger partial charge in [0.1, 0.15) is 11.5 Å². The van der Waals surface area contributed by atoms with Gasteiger partial charge in [0.05, 0.1) is 10.6 Å².